The van der Waals surface area contributed by atoms with Gasteiger partial charge >= 0.3 is 0 Å². The Bertz CT molecular complexity index is 1040. The van der Waals surface area contributed by atoms with Gasteiger partial charge < -0.3 is 26.4 Å². The van der Waals surface area contributed by atoms with Gasteiger partial charge in [-0.2, -0.15) is 0 Å². The van der Waals surface area contributed by atoms with Crippen LogP contribution in [0.5, 0.6) is 0 Å². The Labute approximate surface area is 197 Å². The summed E-state index contributed by atoms with van der Waals surface area (Å²) in [7, 11) is 0. The van der Waals surface area contributed by atoms with Gasteiger partial charge in [-0.1, -0.05) is 17.7 Å². The molecule has 0 radical (unpaired) electrons. The van der Waals surface area contributed by atoms with Crippen LogP contribution in [0.4, 0.5) is 23.0 Å². The van der Waals surface area contributed by atoms with E-state index in [-0.39, 0.29) is 34.6 Å². The fraction of sp³-hybridized carbons (Fsp3) is 0.478. The van der Waals surface area contributed by atoms with Crippen molar-refractivity contribution in [2.24, 2.45) is 5.73 Å². The molecular weight excluding hydrogens is 444 g/mol. The second-order valence-corrected chi connectivity index (χ2v) is 9.08. The summed E-state index contributed by atoms with van der Waals surface area (Å²) in [6.07, 6.45) is 3.81. The molecule has 5 N–H and O–H groups in total. The van der Waals surface area contributed by atoms with Crippen molar-refractivity contribution in [2.45, 2.75) is 57.6 Å². The third-order valence-corrected chi connectivity index (χ3v) is 6.52. The Morgan fingerprint density at radius 2 is 1.85 bits per heavy atom. The van der Waals surface area contributed by atoms with Crippen LogP contribution >= 0.6 is 11.6 Å². The smallest absolute Gasteiger partial charge is 0.271 e. The van der Waals surface area contributed by atoms with E-state index in [0.29, 0.717) is 44.6 Å². The number of nitrogens with zero attached hydrogens (tertiary/aromatic N) is 3. The average molecular weight is 473 g/mol. The van der Waals surface area contributed by atoms with E-state index in [1.54, 1.807) is 0 Å². The molecule has 33 heavy (non-hydrogen) atoms. The van der Waals surface area contributed by atoms with Gasteiger partial charge in [-0.05, 0) is 50.3 Å². The monoisotopic (exact) mass is 472 g/mol. The van der Waals surface area contributed by atoms with Crippen molar-refractivity contribution in [3.05, 3.63) is 34.6 Å². The number of aryl methyl sites for hydroxylation is 1. The quantitative estimate of drug-likeness (QED) is 0.503. The number of aliphatic hydroxyl groups is 1. The molecule has 10 heteroatoms. The second kappa shape index (κ2) is 9.93. The summed E-state index contributed by atoms with van der Waals surface area (Å²) in [6.45, 7) is 3.39. The number of halogens is 1. The van der Waals surface area contributed by atoms with Crippen LogP contribution in [0.1, 0.15) is 54.6 Å². The lowest BCUT2D eigenvalue weighted by Gasteiger charge is -2.30. The number of hydrogen-bond acceptors (Lipinski definition) is 8. The highest BCUT2D eigenvalue weighted by Crippen LogP contribution is 2.31. The molecule has 2 heterocycles. The van der Waals surface area contributed by atoms with Gasteiger partial charge in [-0.15, -0.1) is 0 Å². The average Bonchev–Trinajstić information content (AvgIpc) is 2.79. The second-order valence-electron chi connectivity index (χ2n) is 8.73. The van der Waals surface area contributed by atoms with E-state index in [2.05, 4.69) is 25.5 Å². The minimum absolute atomic E-state index is 0.0460. The molecule has 1 amide bonds. The summed E-state index contributed by atoms with van der Waals surface area (Å²) < 4.78 is 0. The molecule has 0 spiro atoms. The summed E-state index contributed by atoms with van der Waals surface area (Å²) >= 11 is 6.30. The first-order chi connectivity index (χ1) is 15.8. The Balaban J connectivity index is 1.59. The van der Waals surface area contributed by atoms with E-state index < -0.39 is 5.91 Å². The molecule has 1 aliphatic carbocycles. The van der Waals surface area contributed by atoms with Crippen molar-refractivity contribution in [2.75, 3.05) is 28.6 Å². The number of nitrogens with one attached hydrogen (secondary N) is 2. The highest BCUT2D eigenvalue weighted by atomic mass is 35.5. The van der Waals surface area contributed by atoms with Gasteiger partial charge in [-0.3, -0.25) is 9.59 Å². The predicted octanol–water partition coefficient (Wildman–Crippen LogP) is 3.17. The van der Waals surface area contributed by atoms with E-state index >= 15 is 0 Å². The standard InChI is InChI=1S/C23H29ClN6O3/c1-13-2-3-15(12-18(13)30-10-8-17(32)9-11-30)27-22-19(21(25)33)28-20(24)23(29-22)26-14-4-6-16(31)7-5-14/h2-3,12,14,16,31H,4-11H2,1H3,(H2,25,33)(H2,26,27,29)/t14-,16-. The van der Waals surface area contributed by atoms with Gasteiger partial charge in [0.25, 0.3) is 5.91 Å². The number of ketones is 1. The van der Waals surface area contributed by atoms with Crippen molar-refractivity contribution < 1.29 is 14.7 Å². The number of aromatic nitrogens is 2. The third-order valence-electron chi connectivity index (χ3n) is 6.26. The summed E-state index contributed by atoms with van der Waals surface area (Å²) in [5, 5.41) is 16.3. The fourth-order valence-electron chi connectivity index (χ4n) is 4.34. The first-order valence-corrected chi connectivity index (χ1v) is 11.6. The van der Waals surface area contributed by atoms with E-state index in [0.717, 1.165) is 29.8 Å². The number of nitrogens with two attached hydrogens (primary N) is 1. The van der Waals surface area contributed by atoms with E-state index in [9.17, 15) is 14.7 Å². The molecular formula is C23H29ClN6O3. The number of carbonyl (C=O) groups excluding carboxylic acids is 2. The van der Waals surface area contributed by atoms with Gasteiger partial charge in [0, 0.05) is 43.3 Å². The van der Waals surface area contributed by atoms with E-state index in [1.807, 2.05) is 25.1 Å². The van der Waals surface area contributed by atoms with Gasteiger partial charge in [0.05, 0.1) is 6.10 Å². The molecule has 2 fully saturated rings. The van der Waals surface area contributed by atoms with Crippen LogP contribution < -0.4 is 21.3 Å². The molecule has 1 aliphatic heterocycles. The minimum Gasteiger partial charge on any atom is -0.393 e. The van der Waals surface area contributed by atoms with E-state index in [1.165, 1.54) is 0 Å². The molecule has 0 unspecified atom stereocenters. The lowest BCUT2D eigenvalue weighted by molar-refractivity contribution is -0.119. The zero-order valence-corrected chi connectivity index (χ0v) is 19.4. The van der Waals surface area contributed by atoms with Crippen molar-refractivity contribution in [1.29, 1.82) is 0 Å². The molecule has 2 aromatic rings. The lowest BCUT2D eigenvalue weighted by Crippen LogP contribution is -2.34. The van der Waals surface area contributed by atoms with Gasteiger partial charge in [0.15, 0.2) is 22.5 Å². The van der Waals surface area contributed by atoms with Crippen LogP contribution in [-0.4, -0.2) is 52.0 Å². The maximum Gasteiger partial charge on any atom is 0.271 e. The zero-order valence-electron chi connectivity index (χ0n) is 18.6. The molecule has 0 bridgehead atoms. The summed E-state index contributed by atoms with van der Waals surface area (Å²) in [5.74, 6) is 0.135. The molecule has 1 aromatic heterocycles. The SMILES string of the molecule is Cc1ccc(Nc2nc(N[C@H]3CC[C@H](O)CC3)c(Cl)nc2C(N)=O)cc1N1CCC(=O)CC1. The van der Waals surface area contributed by atoms with Crippen molar-refractivity contribution in [3.63, 3.8) is 0 Å². The normalized spacial score (nSPS) is 21.1. The van der Waals surface area contributed by atoms with Crippen LogP contribution in [0.25, 0.3) is 0 Å². The summed E-state index contributed by atoms with van der Waals surface area (Å²) in [6, 6.07) is 5.96. The maximum atomic E-state index is 12.0. The number of benzene rings is 1. The number of primary amides is 1. The Hall–Kier alpha value is -2.91. The van der Waals surface area contributed by atoms with Crippen LogP contribution in [0, 0.1) is 6.92 Å². The first kappa shape index (κ1) is 23.3. The highest BCUT2D eigenvalue weighted by Gasteiger charge is 2.23. The Morgan fingerprint density at radius 3 is 2.52 bits per heavy atom. The number of hydrogen-bond donors (Lipinski definition) is 4. The molecule has 9 nitrogen and oxygen atoms in total. The minimum atomic E-state index is -0.735. The van der Waals surface area contributed by atoms with E-state index in [4.69, 9.17) is 17.3 Å². The zero-order chi connectivity index (χ0) is 23.5. The number of Topliss-reactive ketones (excluding diaryl/α,β-unsaturated/α-hetero) is 1. The van der Waals surface area contributed by atoms with Gasteiger partial charge in [0.1, 0.15) is 5.78 Å². The molecule has 1 saturated heterocycles. The number of rotatable bonds is 6. The number of amides is 1. The van der Waals surface area contributed by atoms with Gasteiger partial charge in [0.2, 0.25) is 0 Å². The molecule has 176 valence electrons. The third kappa shape index (κ3) is 5.54. The molecule has 2 aliphatic rings. The fourth-order valence-corrected chi connectivity index (χ4v) is 4.52. The van der Waals surface area contributed by atoms with Gasteiger partial charge in [-0.25, -0.2) is 9.97 Å². The summed E-state index contributed by atoms with van der Waals surface area (Å²) in [5.41, 5.74) is 8.33. The Morgan fingerprint density at radius 1 is 1.15 bits per heavy atom. The Kier molecular flexibility index (Phi) is 6.99. The summed E-state index contributed by atoms with van der Waals surface area (Å²) in [4.78, 5) is 34.6. The molecule has 4 rings (SSSR count). The number of aliphatic hydroxyl groups excluding tert-OH is 1. The number of anilines is 4. The molecule has 1 saturated carbocycles. The van der Waals surface area contributed by atoms with Crippen molar-refractivity contribution in [1.82, 2.24) is 9.97 Å². The molecule has 1 aromatic carbocycles. The van der Waals surface area contributed by atoms with Crippen LogP contribution in [0.15, 0.2) is 18.2 Å². The van der Waals surface area contributed by atoms with Crippen LogP contribution in [0.2, 0.25) is 5.15 Å². The topological polar surface area (TPSA) is 133 Å². The maximum absolute atomic E-state index is 12.0. The van der Waals surface area contributed by atoms with Crippen LogP contribution in [-0.2, 0) is 4.79 Å². The highest BCUT2D eigenvalue weighted by molar-refractivity contribution is 6.32. The first-order valence-electron chi connectivity index (χ1n) is 11.3. The van der Waals surface area contributed by atoms with Crippen LogP contribution in [0.3, 0.4) is 0 Å². The van der Waals surface area contributed by atoms with Crippen molar-refractivity contribution >= 4 is 46.3 Å². The van der Waals surface area contributed by atoms with Crippen molar-refractivity contribution in [3.8, 4) is 0 Å². The largest absolute Gasteiger partial charge is 0.393 e. The predicted molar refractivity (Wildman–Crippen MR) is 128 cm³/mol. The lowest BCUT2D eigenvalue weighted by atomic mass is 9.93. The number of carbonyl (C=O) groups is 2. The number of piperidine rings is 1. The molecule has 0 atom stereocenters.